The molecule has 0 unspecified atom stereocenters. The van der Waals surface area contributed by atoms with E-state index < -0.39 is 0 Å². The van der Waals surface area contributed by atoms with E-state index in [1.165, 1.54) is 0 Å². The highest BCUT2D eigenvalue weighted by Gasteiger charge is 2.24. The second-order valence-corrected chi connectivity index (χ2v) is 5.45. The molecule has 0 amide bonds. The maximum absolute atomic E-state index is 2.25. The number of hydrogen-bond acceptors (Lipinski definition) is 1. The average Bonchev–Trinajstić information content (AvgIpc) is 2.53. The van der Waals surface area contributed by atoms with Gasteiger partial charge in [-0.3, -0.25) is 0 Å². The van der Waals surface area contributed by atoms with Gasteiger partial charge in [0, 0.05) is 30.3 Å². The van der Waals surface area contributed by atoms with Crippen LogP contribution in [0.15, 0.2) is 73.4 Å². The lowest BCUT2D eigenvalue weighted by Crippen LogP contribution is -2.35. The van der Waals surface area contributed by atoms with E-state index in [2.05, 4.69) is 83.9 Å². The summed E-state index contributed by atoms with van der Waals surface area (Å²) >= 11 is 0. The molecule has 22 heavy (non-hydrogen) atoms. The monoisotopic (exact) mass is 293 g/mol. The number of pyridine rings is 3. The second-order valence-electron chi connectivity index (χ2n) is 5.45. The number of aryl methyl sites for hydroxylation is 3. The van der Waals surface area contributed by atoms with Crippen LogP contribution in [0.25, 0.3) is 0 Å². The number of rotatable bonds is 3. The molecule has 0 N–H and O–H groups in total. The molecule has 4 heteroatoms. The van der Waals surface area contributed by atoms with E-state index in [-0.39, 0.29) is 0 Å². The summed E-state index contributed by atoms with van der Waals surface area (Å²) in [5.41, 5.74) is 2.27. The fourth-order valence-corrected chi connectivity index (χ4v) is 2.44. The zero-order valence-corrected chi connectivity index (χ0v) is 13.2. The minimum atomic E-state index is 1.12. The first kappa shape index (κ1) is 14.2. The summed E-state index contributed by atoms with van der Waals surface area (Å²) in [6.07, 6.45) is 10.3. The van der Waals surface area contributed by atoms with Crippen LogP contribution in [0.5, 0.6) is 0 Å². The Morgan fingerprint density at radius 3 is 1.59 bits per heavy atom. The quantitative estimate of drug-likeness (QED) is 0.670. The normalized spacial score (nSPS) is 10.5. The first-order chi connectivity index (χ1) is 10.6. The number of aromatic nitrogens is 3. The van der Waals surface area contributed by atoms with Crippen molar-refractivity contribution in [3.63, 3.8) is 0 Å². The summed E-state index contributed by atoms with van der Waals surface area (Å²) in [4.78, 5) is 2.25. The minimum absolute atomic E-state index is 1.12. The molecule has 110 valence electrons. The summed E-state index contributed by atoms with van der Waals surface area (Å²) in [6, 6.07) is 14.7. The van der Waals surface area contributed by atoms with Crippen LogP contribution in [-0.2, 0) is 21.1 Å². The molecule has 4 nitrogen and oxygen atoms in total. The van der Waals surface area contributed by atoms with Crippen LogP contribution in [0, 0.1) is 0 Å². The first-order valence-corrected chi connectivity index (χ1v) is 7.30. The van der Waals surface area contributed by atoms with Crippen LogP contribution >= 0.6 is 0 Å². The summed E-state index contributed by atoms with van der Waals surface area (Å²) in [5, 5.41) is 0. The van der Waals surface area contributed by atoms with Crippen molar-refractivity contribution in [3.8, 4) is 0 Å². The molecule has 3 heterocycles. The van der Waals surface area contributed by atoms with Crippen molar-refractivity contribution in [2.24, 2.45) is 21.1 Å². The van der Waals surface area contributed by atoms with Gasteiger partial charge in [0.05, 0.1) is 13.2 Å². The molecule has 0 aliphatic rings. The van der Waals surface area contributed by atoms with Crippen LogP contribution < -0.4 is 18.6 Å². The van der Waals surface area contributed by atoms with Crippen LogP contribution in [0.4, 0.5) is 17.2 Å². The van der Waals surface area contributed by atoms with Gasteiger partial charge in [0.2, 0.25) is 0 Å². The van der Waals surface area contributed by atoms with Crippen LogP contribution in [-0.4, -0.2) is 0 Å². The van der Waals surface area contributed by atoms with Crippen molar-refractivity contribution >= 4 is 17.2 Å². The Hall–Kier alpha value is -2.75. The van der Waals surface area contributed by atoms with Gasteiger partial charge in [0.15, 0.2) is 24.8 Å². The number of hydrogen-bond donors (Lipinski definition) is 0. The van der Waals surface area contributed by atoms with Gasteiger partial charge in [-0.1, -0.05) is 6.07 Å². The maximum Gasteiger partial charge on any atom is 0.286 e. The van der Waals surface area contributed by atoms with Gasteiger partial charge in [0.25, 0.3) is 5.82 Å². The van der Waals surface area contributed by atoms with E-state index in [9.17, 15) is 0 Å². The predicted octanol–water partition coefficient (Wildman–Crippen LogP) is 1.63. The molecule has 0 aromatic carbocycles. The molecular weight excluding hydrogens is 272 g/mol. The molecule has 0 saturated carbocycles. The maximum atomic E-state index is 2.25. The van der Waals surface area contributed by atoms with Gasteiger partial charge in [-0.2, -0.15) is 4.90 Å². The lowest BCUT2D eigenvalue weighted by Gasteiger charge is -2.17. The Balaban J connectivity index is 2.16. The molecule has 3 aromatic rings. The molecule has 0 saturated heterocycles. The van der Waals surface area contributed by atoms with Crippen molar-refractivity contribution in [1.82, 2.24) is 0 Å². The van der Waals surface area contributed by atoms with Crippen LogP contribution in [0.1, 0.15) is 0 Å². The highest BCUT2D eigenvalue weighted by atomic mass is 15.2. The summed E-state index contributed by atoms with van der Waals surface area (Å²) in [6.45, 7) is 0. The molecule has 0 aliphatic carbocycles. The first-order valence-electron chi connectivity index (χ1n) is 7.30. The summed E-state index contributed by atoms with van der Waals surface area (Å²) in [5.74, 6) is 1.12. The Morgan fingerprint density at radius 1 is 0.636 bits per heavy atom. The molecule has 0 aliphatic heterocycles. The van der Waals surface area contributed by atoms with Gasteiger partial charge in [0.1, 0.15) is 25.5 Å². The van der Waals surface area contributed by atoms with Gasteiger partial charge in [-0.25, -0.2) is 13.7 Å². The molecule has 3 rings (SSSR count). The smallest absolute Gasteiger partial charge is 0.237 e. The van der Waals surface area contributed by atoms with Gasteiger partial charge >= 0.3 is 0 Å². The summed E-state index contributed by atoms with van der Waals surface area (Å²) in [7, 11) is 6.12. The lowest BCUT2D eigenvalue weighted by atomic mass is 10.2. The molecule has 3 aromatic heterocycles. The van der Waals surface area contributed by atoms with Crippen molar-refractivity contribution in [3.05, 3.63) is 73.4 Å². The average molecular weight is 293 g/mol. The van der Waals surface area contributed by atoms with E-state index in [1.807, 2.05) is 29.3 Å². The molecule has 0 atom stereocenters. The molecule has 0 radical (unpaired) electrons. The zero-order valence-electron chi connectivity index (χ0n) is 13.2. The van der Waals surface area contributed by atoms with Crippen LogP contribution in [0.3, 0.4) is 0 Å². The minimum Gasteiger partial charge on any atom is -0.237 e. The molecule has 0 bridgehead atoms. The topological polar surface area (TPSA) is 14.9 Å². The Kier molecular flexibility index (Phi) is 3.83. The predicted molar refractivity (Wildman–Crippen MR) is 84.7 cm³/mol. The fraction of sp³-hybridized carbons (Fsp3) is 0.167. The lowest BCUT2D eigenvalue weighted by molar-refractivity contribution is -0.671. The third kappa shape index (κ3) is 2.81. The van der Waals surface area contributed by atoms with Crippen molar-refractivity contribution in [2.75, 3.05) is 4.90 Å². The zero-order chi connectivity index (χ0) is 15.5. The molecule has 0 spiro atoms. The van der Waals surface area contributed by atoms with E-state index in [4.69, 9.17) is 0 Å². The number of nitrogens with zero attached hydrogens (tertiary/aromatic N) is 4. The van der Waals surface area contributed by atoms with E-state index in [1.54, 1.807) is 0 Å². The van der Waals surface area contributed by atoms with Gasteiger partial charge in [-0.15, -0.1) is 0 Å². The highest BCUT2D eigenvalue weighted by molar-refractivity contribution is 5.71. The molecular formula is C18H21N4+3. The van der Waals surface area contributed by atoms with E-state index in [0.29, 0.717) is 0 Å². The largest absolute Gasteiger partial charge is 0.286 e. The number of anilines is 3. The third-order valence-corrected chi connectivity index (χ3v) is 3.69. The van der Waals surface area contributed by atoms with Crippen molar-refractivity contribution in [1.29, 1.82) is 0 Å². The Labute approximate surface area is 131 Å². The SMILES string of the molecule is C[n+]1ccc(N(c2cc[n+](C)cc2)c2cccc[n+]2C)cc1. The highest BCUT2D eigenvalue weighted by Crippen LogP contribution is 2.30. The van der Waals surface area contributed by atoms with Gasteiger partial charge in [-0.05, 0) is 6.07 Å². The van der Waals surface area contributed by atoms with Crippen LogP contribution in [0.2, 0.25) is 0 Å². The van der Waals surface area contributed by atoms with Gasteiger partial charge < -0.3 is 0 Å². The Morgan fingerprint density at radius 2 is 1.14 bits per heavy atom. The van der Waals surface area contributed by atoms with Crippen molar-refractivity contribution < 1.29 is 13.7 Å². The molecule has 0 fully saturated rings. The van der Waals surface area contributed by atoms with E-state index in [0.717, 1.165) is 17.2 Å². The van der Waals surface area contributed by atoms with Crippen molar-refractivity contribution in [2.45, 2.75) is 0 Å². The summed E-state index contributed by atoms with van der Waals surface area (Å²) < 4.78 is 6.20. The third-order valence-electron chi connectivity index (χ3n) is 3.69. The van der Waals surface area contributed by atoms with E-state index >= 15 is 0 Å². The second kappa shape index (κ2) is 5.93. The fourth-order valence-electron chi connectivity index (χ4n) is 2.44. The standard InChI is InChI=1S/C18H21N4/c1-19-12-7-16(8-13-19)22(17-9-14-20(2)15-10-17)18-6-4-5-11-21(18)3/h4-15H,1-3H3/q+3. The Bertz CT molecular complexity index is 718.